The summed E-state index contributed by atoms with van der Waals surface area (Å²) in [5.74, 6) is 0.186. The van der Waals surface area contributed by atoms with E-state index in [9.17, 15) is 9.59 Å². The molecule has 3 aromatic rings. The number of thioether (sulfide) groups is 1. The fraction of sp³-hybridized carbons (Fsp3) is 0.182. The third-order valence-corrected chi connectivity index (χ3v) is 5.89. The second kappa shape index (κ2) is 11.2. The summed E-state index contributed by atoms with van der Waals surface area (Å²) in [5.41, 5.74) is 2.09. The summed E-state index contributed by atoms with van der Waals surface area (Å²) in [4.78, 5) is 24.7. The van der Waals surface area contributed by atoms with E-state index in [4.69, 9.17) is 23.2 Å². The molecule has 2 N–H and O–H groups in total. The van der Waals surface area contributed by atoms with Crippen molar-refractivity contribution >= 4 is 52.5 Å². The zero-order chi connectivity index (χ0) is 23.1. The van der Waals surface area contributed by atoms with E-state index < -0.39 is 0 Å². The number of anilines is 1. The predicted octanol–water partition coefficient (Wildman–Crippen LogP) is 4.74. The molecule has 1 aromatic heterocycles. The first-order chi connectivity index (χ1) is 15.4. The van der Waals surface area contributed by atoms with Crippen molar-refractivity contribution in [2.45, 2.75) is 25.2 Å². The molecule has 0 saturated heterocycles. The first-order valence-corrected chi connectivity index (χ1v) is 11.4. The summed E-state index contributed by atoms with van der Waals surface area (Å²) in [7, 11) is 0. The number of aromatic nitrogens is 3. The summed E-state index contributed by atoms with van der Waals surface area (Å²) in [6.45, 7) is 6.35. The number of carbonyl (C=O) groups is 2. The fourth-order valence-electron chi connectivity index (χ4n) is 2.75. The Kier molecular flexibility index (Phi) is 8.33. The Labute approximate surface area is 200 Å². The quantitative estimate of drug-likeness (QED) is 0.334. The molecule has 32 heavy (non-hydrogen) atoms. The molecule has 3 rings (SSSR count). The Morgan fingerprint density at radius 3 is 2.62 bits per heavy atom. The van der Waals surface area contributed by atoms with E-state index in [-0.39, 0.29) is 24.1 Å². The fourth-order valence-corrected chi connectivity index (χ4v) is 3.85. The van der Waals surface area contributed by atoms with Crippen LogP contribution in [0.3, 0.4) is 0 Å². The second-order valence-electron chi connectivity index (χ2n) is 6.81. The molecular formula is C22H21Cl2N5O2S. The first-order valence-electron chi connectivity index (χ1n) is 9.63. The second-order valence-corrected chi connectivity index (χ2v) is 8.59. The maximum Gasteiger partial charge on any atom is 0.251 e. The monoisotopic (exact) mass is 489 g/mol. The normalized spacial score (nSPS) is 10.6. The highest BCUT2D eigenvalue weighted by molar-refractivity contribution is 7.99. The highest BCUT2D eigenvalue weighted by Gasteiger charge is 2.15. The average molecular weight is 490 g/mol. The average Bonchev–Trinajstić information content (AvgIpc) is 3.15. The molecule has 0 fully saturated rings. The van der Waals surface area contributed by atoms with Crippen LogP contribution in [0, 0.1) is 6.92 Å². The molecule has 2 aromatic carbocycles. The topological polar surface area (TPSA) is 88.9 Å². The van der Waals surface area contributed by atoms with Crippen molar-refractivity contribution in [3.8, 4) is 0 Å². The smallest absolute Gasteiger partial charge is 0.251 e. The van der Waals surface area contributed by atoms with Gasteiger partial charge in [0, 0.05) is 17.1 Å². The number of nitrogens with one attached hydrogen (secondary N) is 2. The van der Waals surface area contributed by atoms with Crippen LogP contribution in [0.2, 0.25) is 10.0 Å². The van der Waals surface area contributed by atoms with E-state index in [0.717, 1.165) is 5.56 Å². The number of benzene rings is 2. The Hall–Kier alpha value is -2.81. The molecule has 0 atom stereocenters. The molecule has 0 saturated carbocycles. The van der Waals surface area contributed by atoms with Crippen LogP contribution in [0.5, 0.6) is 0 Å². The molecule has 2 amide bonds. The van der Waals surface area contributed by atoms with Gasteiger partial charge < -0.3 is 15.2 Å². The Morgan fingerprint density at radius 2 is 1.91 bits per heavy atom. The standard InChI is InChI=1S/C22H21Cl2N5O2S/c1-3-10-29-19(12-25-21(31)15-6-4-14(2)5-7-15)27-28-22(29)32-13-20(30)26-18-11-16(23)8-9-17(18)24/h3-9,11H,1,10,12-13H2,2H3,(H,25,31)(H,26,30). The number of hydrogen-bond donors (Lipinski definition) is 2. The largest absolute Gasteiger partial charge is 0.345 e. The molecule has 0 unspecified atom stereocenters. The van der Waals surface area contributed by atoms with E-state index in [2.05, 4.69) is 27.4 Å². The predicted molar refractivity (Wildman–Crippen MR) is 128 cm³/mol. The number of aryl methyl sites for hydroxylation is 1. The molecule has 10 heteroatoms. The van der Waals surface area contributed by atoms with Gasteiger partial charge in [-0.05, 0) is 37.3 Å². The van der Waals surface area contributed by atoms with Crippen LogP contribution in [0.15, 0.2) is 60.3 Å². The van der Waals surface area contributed by atoms with Gasteiger partial charge in [-0.3, -0.25) is 9.59 Å². The summed E-state index contributed by atoms with van der Waals surface area (Å²) in [6, 6.07) is 12.1. The molecule has 0 spiro atoms. The van der Waals surface area contributed by atoms with Gasteiger partial charge in [-0.1, -0.05) is 58.7 Å². The first kappa shape index (κ1) is 23.8. The number of nitrogens with zero attached hydrogens (tertiary/aromatic N) is 3. The molecule has 7 nitrogen and oxygen atoms in total. The van der Waals surface area contributed by atoms with Gasteiger partial charge in [0.1, 0.15) is 0 Å². The summed E-state index contributed by atoms with van der Waals surface area (Å²) in [6.07, 6.45) is 1.70. The van der Waals surface area contributed by atoms with Crippen LogP contribution in [-0.2, 0) is 17.9 Å². The van der Waals surface area contributed by atoms with Gasteiger partial charge in [-0.25, -0.2) is 0 Å². The lowest BCUT2D eigenvalue weighted by atomic mass is 10.1. The van der Waals surface area contributed by atoms with Gasteiger partial charge in [0.25, 0.3) is 5.91 Å². The van der Waals surface area contributed by atoms with Crippen LogP contribution in [0.1, 0.15) is 21.7 Å². The third kappa shape index (κ3) is 6.35. The van der Waals surface area contributed by atoms with Crippen LogP contribution in [0.4, 0.5) is 5.69 Å². The van der Waals surface area contributed by atoms with Gasteiger partial charge >= 0.3 is 0 Å². The molecule has 0 aliphatic rings. The van der Waals surface area contributed by atoms with E-state index in [0.29, 0.717) is 38.8 Å². The van der Waals surface area contributed by atoms with Crippen LogP contribution in [0.25, 0.3) is 0 Å². The van der Waals surface area contributed by atoms with E-state index >= 15 is 0 Å². The third-order valence-electron chi connectivity index (χ3n) is 4.36. The summed E-state index contributed by atoms with van der Waals surface area (Å²) >= 11 is 13.3. The van der Waals surface area contributed by atoms with Gasteiger partial charge in [-0.15, -0.1) is 16.8 Å². The highest BCUT2D eigenvalue weighted by Crippen LogP contribution is 2.26. The molecule has 0 aliphatic heterocycles. The Balaban J connectivity index is 1.61. The minimum atomic E-state index is -0.262. The van der Waals surface area contributed by atoms with Crippen LogP contribution >= 0.6 is 35.0 Å². The number of rotatable bonds is 9. The maximum absolute atomic E-state index is 12.4. The van der Waals surface area contributed by atoms with Crippen molar-refractivity contribution in [3.05, 3.63) is 82.1 Å². The minimum absolute atomic E-state index is 0.0911. The van der Waals surface area contributed by atoms with Gasteiger partial charge in [0.2, 0.25) is 5.91 Å². The van der Waals surface area contributed by atoms with E-state index in [1.165, 1.54) is 11.8 Å². The van der Waals surface area contributed by atoms with Crippen LogP contribution in [-0.4, -0.2) is 32.3 Å². The zero-order valence-electron chi connectivity index (χ0n) is 17.3. The zero-order valence-corrected chi connectivity index (χ0v) is 19.6. The number of hydrogen-bond acceptors (Lipinski definition) is 5. The molecule has 0 radical (unpaired) electrons. The molecule has 1 heterocycles. The Bertz CT molecular complexity index is 1130. The van der Waals surface area contributed by atoms with Gasteiger partial charge in [0.05, 0.1) is 23.0 Å². The maximum atomic E-state index is 12.4. The Morgan fingerprint density at radius 1 is 1.16 bits per heavy atom. The number of amides is 2. The summed E-state index contributed by atoms with van der Waals surface area (Å²) in [5, 5.41) is 15.3. The number of halogens is 2. The van der Waals surface area contributed by atoms with Crippen molar-refractivity contribution in [2.24, 2.45) is 0 Å². The van der Waals surface area contributed by atoms with Gasteiger partial charge in [-0.2, -0.15) is 0 Å². The lowest BCUT2D eigenvalue weighted by Gasteiger charge is -2.10. The molecule has 0 bridgehead atoms. The molecule has 166 valence electrons. The van der Waals surface area contributed by atoms with Crippen molar-refractivity contribution in [3.63, 3.8) is 0 Å². The van der Waals surface area contributed by atoms with Crippen molar-refractivity contribution in [1.29, 1.82) is 0 Å². The van der Waals surface area contributed by atoms with E-state index in [1.54, 1.807) is 41.0 Å². The minimum Gasteiger partial charge on any atom is -0.345 e. The van der Waals surface area contributed by atoms with Crippen molar-refractivity contribution in [2.75, 3.05) is 11.1 Å². The lowest BCUT2D eigenvalue weighted by Crippen LogP contribution is -2.24. The summed E-state index contributed by atoms with van der Waals surface area (Å²) < 4.78 is 1.80. The van der Waals surface area contributed by atoms with Crippen LogP contribution < -0.4 is 10.6 Å². The number of allylic oxidation sites excluding steroid dienone is 1. The molecular weight excluding hydrogens is 469 g/mol. The van der Waals surface area contributed by atoms with E-state index in [1.807, 2.05) is 19.1 Å². The lowest BCUT2D eigenvalue weighted by molar-refractivity contribution is -0.113. The van der Waals surface area contributed by atoms with Gasteiger partial charge in [0.15, 0.2) is 11.0 Å². The molecule has 0 aliphatic carbocycles. The van der Waals surface area contributed by atoms with Crippen molar-refractivity contribution in [1.82, 2.24) is 20.1 Å². The van der Waals surface area contributed by atoms with Crippen molar-refractivity contribution < 1.29 is 9.59 Å². The SMILES string of the molecule is C=CCn1c(CNC(=O)c2ccc(C)cc2)nnc1SCC(=O)Nc1cc(Cl)ccc1Cl. The highest BCUT2D eigenvalue weighted by atomic mass is 35.5. The number of carbonyl (C=O) groups excluding carboxylic acids is 2.